The minimum absolute atomic E-state index is 0.218. The molecule has 1 saturated heterocycles. The van der Waals surface area contributed by atoms with Gasteiger partial charge in [-0.2, -0.15) is 0 Å². The first-order chi connectivity index (χ1) is 20.0. The maximum absolute atomic E-state index is 14.0. The van der Waals surface area contributed by atoms with Crippen LogP contribution in [0.15, 0.2) is 95.5 Å². The van der Waals surface area contributed by atoms with Crippen molar-refractivity contribution in [2.45, 2.75) is 31.8 Å². The highest BCUT2D eigenvalue weighted by atomic mass is 79.9. The number of aromatic carboxylic acids is 1. The molecule has 5 aromatic rings. The zero-order chi connectivity index (χ0) is 28.3. The minimum Gasteiger partial charge on any atom is -0.487 e. The molecule has 0 bridgehead atoms. The van der Waals surface area contributed by atoms with Crippen molar-refractivity contribution in [3.63, 3.8) is 0 Å². The molecule has 7 heteroatoms. The van der Waals surface area contributed by atoms with Gasteiger partial charge in [0.2, 0.25) is 0 Å². The van der Waals surface area contributed by atoms with Crippen LogP contribution in [0.5, 0.6) is 5.75 Å². The molecule has 208 valence electrons. The average Bonchev–Trinajstić information content (AvgIpc) is 3.32. The standard InChI is InChI=1S/C34H29BrFNO4/c35-29-14-15-30-31(33(29)41-21-23-4-2-1-3-5-23)28(20-22-6-8-25(9-7-22)34(38)39)32(24-16-18-40-19-17-24)37(30)27-12-10-26(36)11-13-27/h1-15,24H,16-21H2,(H,38,39). The molecule has 4 aromatic carbocycles. The Balaban J connectivity index is 1.59. The lowest BCUT2D eigenvalue weighted by Gasteiger charge is -2.26. The molecule has 6 rings (SSSR count). The Morgan fingerprint density at radius 2 is 1.63 bits per heavy atom. The van der Waals surface area contributed by atoms with Crippen LogP contribution in [0, 0.1) is 5.82 Å². The number of halogens is 2. The summed E-state index contributed by atoms with van der Waals surface area (Å²) >= 11 is 3.76. The predicted octanol–water partition coefficient (Wildman–Crippen LogP) is 8.29. The molecule has 41 heavy (non-hydrogen) atoms. The highest BCUT2D eigenvalue weighted by Gasteiger charge is 2.29. The molecule has 0 amide bonds. The Hall–Kier alpha value is -3.94. The van der Waals surface area contributed by atoms with E-state index < -0.39 is 5.97 Å². The molecule has 1 fully saturated rings. The number of benzene rings is 4. The number of nitrogens with zero attached hydrogens (tertiary/aromatic N) is 1. The summed E-state index contributed by atoms with van der Waals surface area (Å²) in [6.45, 7) is 1.74. The van der Waals surface area contributed by atoms with Gasteiger partial charge in [0.1, 0.15) is 18.2 Å². The number of fused-ring (bicyclic) bond motifs is 1. The molecular formula is C34H29BrFNO4. The molecule has 1 aliphatic heterocycles. The van der Waals surface area contributed by atoms with Crippen LogP contribution in [0.2, 0.25) is 0 Å². The van der Waals surface area contributed by atoms with Crippen LogP contribution in [0.3, 0.4) is 0 Å². The maximum Gasteiger partial charge on any atom is 0.335 e. The van der Waals surface area contributed by atoms with E-state index in [4.69, 9.17) is 9.47 Å². The van der Waals surface area contributed by atoms with Gasteiger partial charge in [0.05, 0.1) is 15.6 Å². The molecule has 0 saturated carbocycles. The second-order valence-electron chi connectivity index (χ2n) is 10.3. The summed E-state index contributed by atoms with van der Waals surface area (Å²) in [5.74, 6) is -0.271. The van der Waals surface area contributed by atoms with Gasteiger partial charge in [0, 0.05) is 35.9 Å². The van der Waals surface area contributed by atoms with Gasteiger partial charge >= 0.3 is 5.97 Å². The molecule has 0 radical (unpaired) electrons. The number of ether oxygens (including phenoxy) is 2. The maximum atomic E-state index is 14.0. The summed E-state index contributed by atoms with van der Waals surface area (Å²) in [5.41, 5.74) is 6.42. The van der Waals surface area contributed by atoms with Crippen molar-refractivity contribution in [3.05, 3.63) is 129 Å². The van der Waals surface area contributed by atoms with Crippen molar-refractivity contribution >= 4 is 32.8 Å². The predicted molar refractivity (Wildman–Crippen MR) is 161 cm³/mol. The second kappa shape index (κ2) is 11.9. The summed E-state index contributed by atoms with van der Waals surface area (Å²) in [6, 6.07) is 27.8. The molecule has 1 aliphatic rings. The molecule has 0 unspecified atom stereocenters. The van der Waals surface area contributed by atoms with Crippen molar-refractivity contribution in [2.24, 2.45) is 0 Å². The van der Waals surface area contributed by atoms with Gasteiger partial charge in [0.15, 0.2) is 0 Å². The summed E-state index contributed by atoms with van der Waals surface area (Å²) < 4.78 is 29.4. The van der Waals surface area contributed by atoms with Crippen molar-refractivity contribution in [1.82, 2.24) is 4.57 Å². The molecule has 1 N–H and O–H groups in total. The van der Waals surface area contributed by atoms with Gasteiger partial charge in [-0.25, -0.2) is 9.18 Å². The van der Waals surface area contributed by atoms with Crippen LogP contribution in [-0.2, 0) is 17.8 Å². The second-order valence-corrected chi connectivity index (χ2v) is 11.1. The normalized spacial score (nSPS) is 13.9. The number of hydrogen-bond acceptors (Lipinski definition) is 3. The van der Waals surface area contributed by atoms with Gasteiger partial charge in [0.25, 0.3) is 0 Å². The van der Waals surface area contributed by atoms with E-state index in [1.54, 1.807) is 12.1 Å². The van der Waals surface area contributed by atoms with E-state index in [-0.39, 0.29) is 17.3 Å². The van der Waals surface area contributed by atoms with E-state index in [0.717, 1.165) is 62.0 Å². The molecular weight excluding hydrogens is 585 g/mol. The third-order valence-corrected chi connectivity index (χ3v) is 8.31. The fourth-order valence-electron chi connectivity index (χ4n) is 5.71. The summed E-state index contributed by atoms with van der Waals surface area (Å²) in [7, 11) is 0. The monoisotopic (exact) mass is 613 g/mol. The summed E-state index contributed by atoms with van der Waals surface area (Å²) in [6.07, 6.45) is 2.31. The van der Waals surface area contributed by atoms with E-state index in [1.807, 2.05) is 60.7 Å². The van der Waals surface area contributed by atoms with Crippen molar-refractivity contribution in [2.75, 3.05) is 13.2 Å². The Morgan fingerprint density at radius 1 is 0.927 bits per heavy atom. The van der Waals surface area contributed by atoms with Gasteiger partial charge in [-0.3, -0.25) is 0 Å². The zero-order valence-electron chi connectivity index (χ0n) is 22.4. The van der Waals surface area contributed by atoms with Crippen molar-refractivity contribution in [3.8, 4) is 11.4 Å². The fraction of sp³-hybridized carbons (Fsp3) is 0.206. The first-order valence-corrected chi connectivity index (χ1v) is 14.5. The number of aromatic nitrogens is 1. The topological polar surface area (TPSA) is 60.7 Å². The fourth-order valence-corrected chi connectivity index (χ4v) is 6.15. The van der Waals surface area contributed by atoms with Crippen LogP contribution < -0.4 is 4.74 Å². The Kier molecular flexibility index (Phi) is 7.90. The SMILES string of the molecule is O=C(O)c1ccc(Cc2c(C3CCOCC3)n(-c3ccc(F)cc3)c3ccc(Br)c(OCc4ccccc4)c23)cc1. The lowest BCUT2D eigenvalue weighted by molar-refractivity contribution is 0.0697. The molecule has 5 nitrogen and oxygen atoms in total. The quantitative estimate of drug-likeness (QED) is 0.191. The largest absolute Gasteiger partial charge is 0.487 e. The average molecular weight is 615 g/mol. The Labute approximate surface area is 246 Å². The number of carboxylic acids is 1. The molecule has 0 atom stereocenters. The highest BCUT2D eigenvalue weighted by Crippen LogP contribution is 2.45. The van der Waals surface area contributed by atoms with E-state index in [9.17, 15) is 14.3 Å². The third-order valence-electron chi connectivity index (χ3n) is 7.68. The van der Waals surface area contributed by atoms with Gasteiger partial charge in [-0.15, -0.1) is 0 Å². The number of carbonyl (C=O) groups is 1. The smallest absolute Gasteiger partial charge is 0.335 e. The lowest BCUT2D eigenvalue weighted by atomic mass is 9.90. The first kappa shape index (κ1) is 27.2. The highest BCUT2D eigenvalue weighted by molar-refractivity contribution is 9.10. The van der Waals surface area contributed by atoms with Crippen LogP contribution >= 0.6 is 15.9 Å². The van der Waals surface area contributed by atoms with E-state index >= 15 is 0 Å². The Morgan fingerprint density at radius 3 is 2.32 bits per heavy atom. The van der Waals surface area contributed by atoms with Crippen molar-refractivity contribution < 1.29 is 23.8 Å². The molecule has 1 aromatic heterocycles. The van der Waals surface area contributed by atoms with Crippen LogP contribution in [-0.4, -0.2) is 28.9 Å². The number of rotatable bonds is 8. The zero-order valence-corrected chi connectivity index (χ0v) is 23.9. The molecule has 0 spiro atoms. The minimum atomic E-state index is -0.951. The summed E-state index contributed by atoms with van der Waals surface area (Å²) in [4.78, 5) is 11.5. The third kappa shape index (κ3) is 5.65. The lowest BCUT2D eigenvalue weighted by Crippen LogP contribution is -2.18. The Bertz CT molecular complexity index is 1670. The molecule has 2 heterocycles. The van der Waals surface area contributed by atoms with Crippen LogP contribution in [0.1, 0.15) is 51.5 Å². The number of carboxylic acid groups (broad SMARTS) is 1. The van der Waals surface area contributed by atoms with E-state index in [2.05, 4.69) is 26.6 Å². The van der Waals surface area contributed by atoms with Gasteiger partial charge < -0.3 is 19.1 Å². The van der Waals surface area contributed by atoms with Crippen molar-refractivity contribution in [1.29, 1.82) is 0 Å². The first-order valence-electron chi connectivity index (χ1n) is 13.7. The molecule has 0 aliphatic carbocycles. The summed E-state index contributed by atoms with van der Waals surface area (Å²) in [5, 5.41) is 10.4. The van der Waals surface area contributed by atoms with E-state index in [0.29, 0.717) is 26.2 Å². The number of hydrogen-bond donors (Lipinski definition) is 1. The van der Waals surface area contributed by atoms with Gasteiger partial charge in [-0.05, 0) is 100 Å². The van der Waals surface area contributed by atoms with Gasteiger partial charge in [-0.1, -0.05) is 42.5 Å². The van der Waals surface area contributed by atoms with E-state index in [1.165, 1.54) is 12.1 Å². The van der Waals surface area contributed by atoms with Crippen LogP contribution in [0.4, 0.5) is 4.39 Å². The van der Waals surface area contributed by atoms with Crippen LogP contribution in [0.25, 0.3) is 16.6 Å².